The van der Waals surface area contributed by atoms with Crippen LogP contribution in [0.15, 0.2) is 114 Å². The van der Waals surface area contributed by atoms with Crippen molar-refractivity contribution < 1.29 is 23.8 Å². The molecule has 3 aromatic carbocycles. The van der Waals surface area contributed by atoms with Crippen molar-refractivity contribution in [1.82, 2.24) is 14.8 Å². The molecule has 0 aliphatic heterocycles. The van der Waals surface area contributed by atoms with Crippen LogP contribution in [-0.2, 0) is 31.2 Å². The molecule has 45 heavy (non-hydrogen) atoms. The number of oxime groups is 1. The van der Waals surface area contributed by atoms with Gasteiger partial charge in [-0.05, 0) is 37.5 Å². The molecule has 0 fully saturated rings. The Bertz CT molecular complexity index is 1670. The Morgan fingerprint density at radius 3 is 1.98 bits per heavy atom. The van der Waals surface area contributed by atoms with Gasteiger partial charge in [0.25, 0.3) is 6.33 Å². The lowest BCUT2D eigenvalue weighted by molar-refractivity contribution is -0.642. The summed E-state index contributed by atoms with van der Waals surface area (Å²) < 4.78 is 8.00. The summed E-state index contributed by atoms with van der Waals surface area (Å²) in [7, 11) is 1.36. The highest BCUT2D eigenvalue weighted by molar-refractivity contribution is 7.14. The number of anilines is 1. The van der Waals surface area contributed by atoms with E-state index >= 15 is 0 Å². The number of hydrogen-bond acceptors (Lipinski definition) is 9. The van der Waals surface area contributed by atoms with Crippen molar-refractivity contribution in [1.29, 1.82) is 0 Å². The molecule has 0 aliphatic rings. The van der Waals surface area contributed by atoms with Gasteiger partial charge in [0.05, 0.1) is 0 Å². The van der Waals surface area contributed by atoms with Gasteiger partial charge >= 0.3 is 11.9 Å². The van der Waals surface area contributed by atoms with Crippen molar-refractivity contribution in [2.75, 3.05) is 17.9 Å². The molecular weight excluding hydrogens is 590 g/mol. The quantitative estimate of drug-likeness (QED) is 0.0730. The maximum Gasteiger partial charge on any atom is 0.344 e. The third-order valence-corrected chi connectivity index (χ3v) is 7.34. The first-order chi connectivity index (χ1) is 21.7. The Balaban J connectivity index is 1.43. The average molecular weight is 625 g/mol. The number of thiazole rings is 1. The van der Waals surface area contributed by atoms with E-state index in [2.05, 4.69) is 57.4 Å². The molecule has 5 rings (SSSR count). The van der Waals surface area contributed by atoms with Crippen LogP contribution >= 0.6 is 11.3 Å². The molecule has 0 saturated heterocycles. The minimum Gasteiger partial charge on any atom is -0.458 e. The summed E-state index contributed by atoms with van der Waals surface area (Å²) in [6, 6.07) is 30.4. The van der Waals surface area contributed by atoms with Crippen LogP contribution in [0.2, 0.25) is 0 Å². The highest BCUT2D eigenvalue weighted by Gasteiger charge is 2.37. The maximum atomic E-state index is 13.4. The fourth-order valence-corrected chi connectivity index (χ4v) is 5.57. The summed E-state index contributed by atoms with van der Waals surface area (Å²) in [5, 5.41) is 14.1. The zero-order valence-electron chi connectivity index (χ0n) is 25.4. The first kappa shape index (κ1) is 31.1. The second-order valence-electron chi connectivity index (χ2n) is 11.0. The van der Waals surface area contributed by atoms with Crippen LogP contribution in [0.5, 0.6) is 0 Å². The molecule has 5 aromatic rings. The van der Waals surface area contributed by atoms with Crippen molar-refractivity contribution in [3.8, 4) is 0 Å². The summed E-state index contributed by atoms with van der Waals surface area (Å²) in [6.45, 7) is 5.24. The van der Waals surface area contributed by atoms with E-state index in [0.717, 1.165) is 16.7 Å². The second kappa shape index (κ2) is 13.5. The molecule has 12 heteroatoms. The molecule has 0 atom stereocenters. The van der Waals surface area contributed by atoms with Crippen molar-refractivity contribution in [3.63, 3.8) is 0 Å². The van der Waals surface area contributed by atoms with E-state index in [-0.39, 0.29) is 12.3 Å². The summed E-state index contributed by atoms with van der Waals surface area (Å²) in [6.07, 6.45) is 2.81. The van der Waals surface area contributed by atoms with Gasteiger partial charge in [-0.3, -0.25) is 4.79 Å². The average Bonchev–Trinajstić information content (AvgIpc) is 3.68. The van der Waals surface area contributed by atoms with Gasteiger partial charge in [0.2, 0.25) is 12.9 Å². The summed E-state index contributed by atoms with van der Waals surface area (Å²) in [5.74, 6) is -1.04. The summed E-state index contributed by atoms with van der Waals surface area (Å²) >= 11 is 1.34. The van der Waals surface area contributed by atoms with Gasteiger partial charge in [-0.1, -0.05) is 96.2 Å². The fraction of sp³-hybridized carbons (Fsp3) is 0.212. The minimum absolute atomic E-state index is 0.0427. The second-order valence-corrected chi connectivity index (χ2v) is 11.9. The molecule has 11 nitrogen and oxygen atoms in total. The van der Waals surface area contributed by atoms with E-state index in [1.807, 2.05) is 54.6 Å². The monoisotopic (exact) mass is 624 g/mol. The van der Waals surface area contributed by atoms with E-state index in [1.54, 1.807) is 26.2 Å². The Hall–Kier alpha value is -5.36. The van der Waals surface area contributed by atoms with Crippen LogP contribution < -0.4 is 15.4 Å². The third-order valence-electron chi connectivity index (χ3n) is 6.58. The van der Waals surface area contributed by atoms with E-state index < -0.39 is 23.0 Å². The fourth-order valence-electron chi connectivity index (χ4n) is 4.82. The molecule has 2 aromatic heterocycles. The predicted octanol–water partition coefficient (Wildman–Crippen LogP) is 4.49. The normalized spacial score (nSPS) is 12.0. The van der Waals surface area contributed by atoms with Crippen LogP contribution in [0.3, 0.4) is 0 Å². The SMILES string of the molecule is CON=C(C(=O)N[n+]1cnn(CC(=O)OC(C)(C)C)c1)c1csc(NC(c2ccccc2)(c2ccccc2)c2ccccc2)n1. The first-order valence-electron chi connectivity index (χ1n) is 14.2. The van der Waals surface area contributed by atoms with Crippen molar-refractivity contribution >= 4 is 34.1 Å². The maximum absolute atomic E-state index is 13.4. The van der Waals surface area contributed by atoms with Crippen molar-refractivity contribution in [3.05, 3.63) is 131 Å². The van der Waals surface area contributed by atoms with Crippen molar-refractivity contribution in [2.45, 2.75) is 38.5 Å². The molecule has 0 saturated carbocycles. The highest BCUT2D eigenvalue weighted by atomic mass is 32.1. The van der Waals surface area contributed by atoms with Gasteiger partial charge in [-0.15, -0.1) is 20.7 Å². The number of hydrogen-bond donors (Lipinski definition) is 2. The number of ether oxygens (including phenoxy) is 1. The van der Waals surface area contributed by atoms with Gasteiger partial charge in [0, 0.05) is 10.5 Å². The third kappa shape index (κ3) is 7.42. The number of aromatic nitrogens is 4. The number of amides is 1. The number of nitrogens with zero attached hydrogens (tertiary/aromatic N) is 5. The first-order valence-corrected chi connectivity index (χ1v) is 15.0. The van der Waals surface area contributed by atoms with E-state index in [0.29, 0.717) is 10.8 Å². The Labute approximate surface area is 265 Å². The molecule has 0 aliphatic carbocycles. The van der Waals surface area contributed by atoms with Gasteiger partial charge < -0.3 is 14.9 Å². The molecule has 2 N–H and O–H groups in total. The lowest BCUT2D eigenvalue weighted by atomic mass is 9.77. The Kier molecular flexibility index (Phi) is 9.33. The molecule has 1 amide bonds. The topological polar surface area (TPSA) is 124 Å². The molecular formula is C33H34N7O4S+. The summed E-state index contributed by atoms with van der Waals surface area (Å²) in [4.78, 5) is 35.3. The zero-order valence-corrected chi connectivity index (χ0v) is 26.2. The van der Waals surface area contributed by atoms with E-state index in [1.165, 1.54) is 40.5 Å². The Morgan fingerprint density at radius 2 is 1.47 bits per heavy atom. The van der Waals surface area contributed by atoms with Crippen LogP contribution in [0, 0.1) is 0 Å². The number of esters is 1. The Morgan fingerprint density at radius 1 is 0.911 bits per heavy atom. The molecule has 0 bridgehead atoms. The van der Waals surface area contributed by atoms with Gasteiger partial charge in [-0.25, -0.2) is 15.2 Å². The minimum atomic E-state index is -0.793. The van der Waals surface area contributed by atoms with E-state index in [4.69, 9.17) is 14.6 Å². The highest BCUT2D eigenvalue weighted by Crippen LogP contribution is 2.40. The lowest BCUT2D eigenvalue weighted by Gasteiger charge is -2.36. The number of carbonyl (C=O) groups is 2. The zero-order chi connectivity index (χ0) is 31.9. The molecule has 0 spiro atoms. The van der Waals surface area contributed by atoms with Gasteiger partial charge in [-0.2, -0.15) is 0 Å². The van der Waals surface area contributed by atoms with Crippen LogP contribution in [0.25, 0.3) is 0 Å². The predicted molar refractivity (Wildman–Crippen MR) is 171 cm³/mol. The molecule has 0 radical (unpaired) electrons. The van der Waals surface area contributed by atoms with Crippen LogP contribution in [-0.4, -0.2) is 45.1 Å². The number of carbonyl (C=O) groups excluding carboxylic acids is 2. The molecule has 0 unspecified atom stereocenters. The molecule has 2 heterocycles. The van der Waals surface area contributed by atoms with Crippen molar-refractivity contribution in [2.24, 2.45) is 5.16 Å². The van der Waals surface area contributed by atoms with Crippen LogP contribution in [0.4, 0.5) is 5.13 Å². The largest absolute Gasteiger partial charge is 0.458 e. The summed E-state index contributed by atoms with van der Waals surface area (Å²) in [5.41, 5.74) is 4.58. The smallest absolute Gasteiger partial charge is 0.344 e. The van der Waals surface area contributed by atoms with E-state index in [9.17, 15) is 9.59 Å². The molecule has 230 valence electrons. The number of nitrogens with one attached hydrogen (secondary N) is 2. The van der Waals surface area contributed by atoms with Crippen LogP contribution in [0.1, 0.15) is 43.2 Å². The van der Waals surface area contributed by atoms with Gasteiger partial charge in [0.1, 0.15) is 23.9 Å². The number of rotatable bonds is 11. The number of benzene rings is 3. The van der Waals surface area contributed by atoms with Gasteiger partial charge in [0.15, 0.2) is 10.8 Å². The standard InChI is InChI=1S/C33H33N7O4S/c1-32(2,3)44-28(41)20-39-23-40(22-34-39)37-30(42)29(38-43-4)27-21-45-31(35-27)36-33(24-14-8-5-9-15-24,25-16-10-6-11-17-25)26-18-12-7-13-19-26/h5-19,21-23H,20H2,1-4H3,(H-,35,36,37,42)/p+1. The lowest BCUT2D eigenvalue weighted by Crippen LogP contribution is -2.49.